The van der Waals surface area contributed by atoms with Crippen molar-refractivity contribution in [3.63, 3.8) is 0 Å². The number of hydroxylamine groups is 2. The van der Waals surface area contributed by atoms with E-state index in [0.717, 1.165) is 17.3 Å². The molecular weight excluding hydrogens is 476 g/mol. The minimum absolute atomic E-state index is 0.0000766. The Morgan fingerprint density at radius 1 is 0.973 bits per heavy atom. The number of hydrogen-bond acceptors (Lipinski definition) is 8. The highest BCUT2D eigenvalue weighted by atomic mass is 16.7. The van der Waals surface area contributed by atoms with Gasteiger partial charge in [-0.25, -0.2) is 19.4 Å². The van der Waals surface area contributed by atoms with Crippen molar-refractivity contribution < 1.29 is 33.8 Å². The Kier molecular flexibility index (Phi) is 9.57. The van der Waals surface area contributed by atoms with Crippen LogP contribution in [0.1, 0.15) is 33.2 Å². The lowest BCUT2D eigenvalue weighted by molar-refractivity contribution is -0.146. The summed E-state index contributed by atoms with van der Waals surface area (Å²) >= 11 is 0. The topological polar surface area (TPSA) is 106 Å². The fraction of sp³-hybridized carbons (Fsp3) is 0.214. The second kappa shape index (κ2) is 13.0. The van der Waals surface area contributed by atoms with Gasteiger partial charge in [-0.3, -0.25) is 4.84 Å². The zero-order valence-electron chi connectivity index (χ0n) is 20.8. The highest BCUT2D eigenvalue weighted by molar-refractivity contribution is 5.91. The summed E-state index contributed by atoms with van der Waals surface area (Å²) in [6.45, 7) is 1.94. The van der Waals surface area contributed by atoms with Crippen molar-refractivity contribution in [1.82, 2.24) is 9.96 Å². The number of hydrogen-bond donors (Lipinski definition) is 1. The van der Waals surface area contributed by atoms with Gasteiger partial charge in [0.05, 0.1) is 24.8 Å². The maximum Gasteiger partial charge on any atom is 0.414 e. The van der Waals surface area contributed by atoms with Gasteiger partial charge in [0.2, 0.25) is 0 Å². The third kappa shape index (κ3) is 8.05. The number of rotatable bonds is 10. The Hall–Kier alpha value is -4.43. The van der Waals surface area contributed by atoms with Crippen molar-refractivity contribution in [3.05, 3.63) is 101 Å². The molecule has 0 fully saturated rings. The first kappa shape index (κ1) is 27.2. The second-order valence-corrected chi connectivity index (χ2v) is 8.35. The molecule has 1 unspecified atom stereocenters. The van der Waals surface area contributed by atoms with Crippen LogP contribution in [0, 0.1) is 6.92 Å². The zero-order valence-corrected chi connectivity index (χ0v) is 20.8. The lowest BCUT2D eigenvalue weighted by Crippen LogP contribution is -2.26. The van der Waals surface area contributed by atoms with Gasteiger partial charge >= 0.3 is 12.1 Å². The van der Waals surface area contributed by atoms with E-state index < -0.39 is 18.2 Å². The summed E-state index contributed by atoms with van der Waals surface area (Å²) in [6.07, 6.45) is -0.786. The summed E-state index contributed by atoms with van der Waals surface area (Å²) in [5.41, 5.74) is 2.49. The van der Waals surface area contributed by atoms with Gasteiger partial charge in [-0.2, -0.15) is 0 Å². The second-order valence-electron chi connectivity index (χ2n) is 8.35. The molecule has 0 aromatic heterocycles. The molecule has 0 saturated heterocycles. The predicted molar refractivity (Wildman–Crippen MR) is 135 cm³/mol. The molecule has 37 heavy (non-hydrogen) atoms. The molecule has 0 spiro atoms. The van der Waals surface area contributed by atoms with E-state index in [9.17, 15) is 19.5 Å². The minimum atomic E-state index is -1.16. The number of carbonyl (C=O) groups excluding carboxylic acids is 3. The number of nitrogens with zero attached hydrogens (tertiary/aromatic N) is 2. The molecule has 9 nitrogen and oxygen atoms in total. The monoisotopic (exact) mass is 504 g/mol. The molecule has 1 atom stereocenters. The van der Waals surface area contributed by atoms with Gasteiger partial charge < -0.3 is 19.5 Å². The lowest BCUT2D eigenvalue weighted by Gasteiger charge is -2.22. The van der Waals surface area contributed by atoms with Crippen molar-refractivity contribution in [3.8, 4) is 11.5 Å². The number of esters is 1. The third-order valence-corrected chi connectivity index (χ3v) is 5.19. The van der Waals surface area contributed by atoms with E-state index in [1.54, 1.807) is 30.2 Å². The largest absolute Gasteiger partial charge is 0.419 e. The standard InChI is InChI=1S/C28H28N2O7/c1-20-9-11-22(12-10-20)27(33)36-26-17-23(13-14-25(26)37-28(34)29(2)3)24(32)18-30(15-16-31)35-19-21-7-5-4-6-8-21/h4-15,17,24,32H,18-19H2,1-3H3. The number of aliphatic hydroxyl groups excluding tert-OH is 1. The van der Waals surface area contributed by atoms with Crippen LogP contribution >= 0.6 is 0 Å². The molecule has 3 aromatic rings. The van der Waals surface area contributed by atoms with Crippen molar-refractivity contribution in [2.45, 2.75) is 19.6 Å². The molecule has 3 aromatic carbocycles. The Balaban J connectivity index is 1.81. The van der Waals surface area contributed by atoms with Gasteiger partial charge in [-0.05, 0) is 42.3 Å². The van der Waals surface area contributed by atoms with Gasteiger partial charge in [0.25, 0.3) is 0 Å². The Labute approximate surface area is 215 Å². The molecule has 0 aliphatic rings. The smallest absolute Gasteiger partial charge is 0.414 e. The van der Waals surface area contributed by atoms with Gasteiger partial charge in [0.15, 0.2) is 11.5 Å². The van der Waals surface area contributed by atoms with E-state index in [0.29, 0.717) is 11.1 Å². The van der Waals surface area contributed by atoms with Crippen LogP contribution in [-0.4, -0.2) is 53.7 Å². The average molecular weight is 505 g/mol. The summed E-state index contributed by atoms with van der Waals surface area (Å²) < 4.78 is 10.9. The molecule has 0 bridgehead atoms. The maximum absolute atomic E-state index is 12.7. The van der Waals surface area contributed by atoms with Crippen LogP contribution in [0.15, 0.2) is 79.0 Å². The summed E-state index contributed by atoms with van der Waals surface area (Å²) in [4.78, 5) is 42.7. The van der Waals surface area contributed by atoms with Crippen LogP contribution < -0.4 is 9.47 Å². The summed E-state index contributed by atoms with van der Waals surface area (Å²) in [7, 11) is 3.03. The van der Waals surface area contributed by atoms with Crippen molar-refractivity contribution in [1.29, 1.82) is 0 Å². The number of carbonyl (C=O) groups is 2. The molecule has 1 amide bonds. The fourth-order valence-electron chi connectivity index (χ4n) is 3.14. The first-order valence-electron chi connectivity index (χ1n) is 11.4. The first-order valence-corrected chi connectivity index (χ1v) is 11.4. The van der Waals surface area contributed by atoms with Gasteiger partial charge in [-0.1, -0.05) is 54.1 Å². The van der Waals surface area contributed by atoms with E-state index in [2.05, 4.69) is 0 Å². The van der Waals surface area contributed by atoms with Gasteiger partial charge in [0, 0.05) is 14.1 Å². The fourth-order valence-corrected chi connectivity index (χ4v) is 3.14. The van der Waals surface area contributed by atoms with Gasteiger partial charge in [0.1, 0.15) is 12.1 Å². The van der Waals surface area contributed by atoms with E-state index in [4.69, 9.17) is 14.3 Å². The molecule has 3 rings (SSSR count). The third-order valence-electron chi connectivity index (χ3n) is 5.19. The number of aliphatic hydroxyl groups is 1. The summed E-state index contributed by atoms with van der Waals surface area (Å²) in [5, 5.41) is 12.0. The Morgan fingerprint density at radius 3 is 2.32 bits per heavy atom. The van der Waals surface area contributed by atoms with Crippen LogP contribution in [0.2, 0.25) is 0 Å². The normalized spacial score (nSPS) is 11.1. The lowest BCUT2D eigenvalue weighted by atomic mass is 10.1. The van der Waals surface area contributed by atoms with Crippen molar-refractivity contribution in [2.24, 2.45) is 0 Å². The minimum Gasteiger partial charge on any atom is -0.419 e. The summed E-state index contributed by atoms with van der Waals surface area (Å²) in [5.74, 6) is 0.928. The molecule has 192 valence electrons. The van der Waals surface area contributed by atoms with E-state index in [-0.39, 0.29) is 24.7 Å². The van der Waals surface area contributed by atoms with Crippen LogP contribution in [0.3, 0.4) is 0 Å². The first-order chi connectivity index (χ1) is 17.8. The molecular formula is C28H28N2O7. The predicted octanol–water partition coefficient (Wildman–Crippen LogP) is 4.09. The van der Waals surface area contributed by atoms with E-state index in [1.807, 2.05) is 37.3 Å². The molecule has 1 N–H and O–H groups in total. The molecule has 0 saturated carbocycles. The van der Waals surface area contributed by atoms with Crippen LogP contribution in [0.25, 0.3) is 0 Å². The number of aryl methyl sites for hydroxylation is 1. The molecule has 0 radical (unpaired) electrons. The average Bonchev–Trinajstić information content (AvgIpc) is 2.89. The zero-order chi connectivity index (χ0) is 26.8. The Bertz CT molecular complexity index is 1250. The van der Waals surface area contributed by atoms with Crippen molar-refractivity contribution in [2.75, 3.05) is 20.6 Å². The SMILES string of the molecule is Cc1ccc(C(=O)Oc2cc(C(O)CN(C=C=O)OCc3ccccc3)ccc2OC(=O)N(C)C)cc1. The quantitative estimate of drug-likeness (QED) is 0.191. The van der Waals surface area contributed by atoms with E-state index in [1.165, 1.54) is 42.3 Å². The van der Waals surface area contributed by atoms with Gasteiger partial charge in [-0.15, -0.1) is 0 Å². The Morgan fingerprint density at radius 2 is 1.68 bits per heavy atom. The van der Waals surface area contributed by atoms with Crippen LogP contribution in [-0.2, 0) is 16.2 Å². The highest BCUT2D eigenvalue weighted by Crippen LogP contribution is 2.32. The highest BCUT2D eigenvalue weighted by Gasteiger charge is 2.20. The number of amides is 1. The molecule has 9 heteroatoms. The molecule has 0 aliphatic carbocycles. The molecule has 0 heterocycles. The molecule has 0 aliphatic heterocycles. The number of ether oxygens (including phenoxy) is 2. The van der Waals surface area contributed by atoms with E-state index >= 15 is 0 Å². The maximum atomic E-state index is 12.7. The summed E-state index contributed by atoms with van der Waals surface area (Å²) in [6, 6.07) is 20.4. The van der Waals surface area contributed by atoms with Crippen molar-refractivity contribution >= 4 is 18.0 Å². The van der Waals surface area contributed by atoms with Crippen LogP contribution in [0.5, 0.6) is 11.5 Å². The number of benzene rings is 3. The van der Waals surface area contributed by atoms with Crippen LogP contribution in [0.4, 0.5) is 4.79 Å².